The molecule has 2 heterocycles. The normalized spacial score (nSPS) is 17.5. The summed E-state index contributed by atoms with van der Waals surface area (Å²) < 4.78 is 45.9. The molecule has 0 aliphatic carbocycles. The molecule has 2 N–H and O–H groups in total. The number of nitriles is 1. The third-order valence-corrected chi connectivity index (χ3v) is 7.22. The van der Waals surface area contributed by atoms with Crippen molar-refractivity contribution in [2.24, 2.45) is 0 Å². The predicted octanol–water partition coefficient (Wildman–Crippen LogP) is 2.89. The molecule has 3 aromatic rings. The summed E-state index contributed by atoms with van der Waals surface area (Å²) in [5.41, 5.74) is 1.04. The van der Waals surface area contributed by atoms with E-state index in [1.165, 1.54) is 12.1 Å². The monoisotopic (exact) mass is 470 g/mol. The number of sulfonamides is 1. The van der Waals surface area contributed by atoms with E-state index in [-0.39, 0.29) is 24.4 Å². The Labute approximate surface area is 188 Å². The number of aliphatic hydroxyl groups is 1. The molecule has 1 unspecified atom stereocenters. The molecule has 1 saturated heterocycles. The van der Waals surface area contributed by atoms with Crippen LogP contribution in [0.3, 0.4) is 0 Å². The highest BCUT2D eigenvalue weighted by Crippen LogP contribution is 2.28. The molecule has 11 heteroatoms. The van der Waals surface area contributed by atoms with E-state index in [9.17, 15) is 28.0 Å². The minimum atomic E-state index is -4.27. The van der Waals surface area contributed by atoms with E-state index in [4.69, 9.17) is 4.74 Å². The van der Waals surface area contributed by atoms with Gasteiger partial charge in [0.1, 0.15) is 35.0 Å². The Balaban J connectivity index is 1.51. The number of fused-ring (bicyclic) bond motifs is 1. The molecule has 1 aliphatic heterocycles. The van der Waals surface area contributed by atoms with Crippen molar-refractivity contribution in [3.05, 3.63) is 65.9 Å². The van der Waals surface area contributed by atoms with Crippen LogP contribution in [-0.4, -0.2) is 53.0 Å². The van der Waals surface area contributed by atoms with E-state index in [2.05, 4.69) is 9.97 Å². The van der Waals surface area contributed by atoms with Crippen LogP contribution in [0.15, 0.2) is 59.2 Å². The van der Waals surface area contributed by atoms with Crippen molar-refractivity contribution in [1.29, 1.82) is 5.26 Å². The highest BCUT2D eigenvalue weighted by atomic mass is 32.2. The van der Waals surface area contributed by atoms with E-state index >= 15 is 0 Å². The molecular formula is C22H19FN4O5S. The number of ether oxygens (including phenoxy) is 1. The number of rotatable bonds is 6. The zero-order valence-electron chi connectivity index (χ0n) is 17.2. The quantitative estimate of drug-likeness (QED) is 0.321. The molecule has 33 heavy (non-hydrogen) atoms. The van der Waals surface area contributed by atoms with Gasteiger partial charge in [-0.2, -0.15) is 9.57 Å². The number of hydrogen-bond acceptors (Lipinski definition) is 7. The topological polar surface area (TPSA) is 136 Å². The van der Waals surface area contributed by atoms with Gasteiger partial charge in [-0.05, 0) is 37.1 Å². The van der Waals surface area contributed by atoms with E-state index in [0.29, 0.717) is 17.5 Å². The molecule has 170 valence electrons. The van der Waals surface area contributed by atoms with Crippen LogP contribution < -0.4 is 0 Å². The van der Waals surface area contributed by atoms with E-state index in [1.54, 1.807) is 24.3 Å². The molecule has 0 spiro atoms. The number of carbonyl (C=O) groups is 1. The van der Waals surface area contributed by atoms with E-state index in [0.717, 1.165) is 16.4 Å². The van der Waals surface area contributed by atoms with Crippen LogP contribution in [0.4, 0.5) is 4.39 Å². The number of nitrogens with zero attached hydrogens (tertiary/aromatic N) is 3. The van der Waals surface area contributed by atoms with Crippen molar-refractivity contribution in [1.82, 2.24) is 14.3 Å². The highest BCUT2D eigenvalue weighted by molar-refractivity contribution is 7.89. The Hall–Kier alpha value is -3.75. The molecule has 0 radical (unpaired) electrons. The summed E-state index contributed by atoms with van der Waals surface area (Å²) in [4.78, 5) is 19.3. The van der Waals surface area contributed by atoms with Crippen LogP contribution >= 0.6 is 0 Å². The Morgan fingerprint density at radius 1 is 1.27 bits per heavy atom. The molecule has 0 bridgehead atoms. The van der Waals surface area contributed by atoms with Gasteiger partial charge in [0, 0.05) is 6.54 Å². The molecule has 9 nitrogen and oxygen atoms in total. The Kier molecular flexibility index (Phi) is 6.13. The summed E-state index contributed by atoms with van der Waals surface area (Å²) in [6, 6.07) is 12.6. The zero-order valence-corrected chi connectivity index (χ0v) is 18.0. The summed E-state index contributed by atoms with van der Waals surface area (Å²) in [5, 5.41) is 19.8. The lowest BCUT2D eigenvalue weighted by Crippen LogP contribution is -2.41. The number of hydrogen-bond donors (Lipinski definition) is 2. The average Bonchev–Trinajstić information content (AvgIpc) is 3.46. The van der Waals surface area contributed by atoms with Crippen molar-refractivity contribution < 1.29 is 27.4 Å². The lowest BCUT2D eigenvalue weighted by atomic mass is 10.2. The first-order chi connectivity index (χ1) is 15.8. The SMILES string of the molecule is N#CC(=C(O)COC(=O)C1CCCN1S(=O)(=O)c1ccccc1F)c1nc2ccccc2[nH]1. The van der Waals surface area contributed by atoms with Gasteiger partial charge in [0.2, 0.25) is 10.0 Å². The Morgan fingerprint density at radius 2 is 2.00 bits per heavy atom. The van der Waals surface area contributed by atoms with E-state index < -0.39 is 45.1 Å². The lowest BCUT2D eigenvalue weighted by molar-refractivity contribution is -0.147. The Morgan fingerprint density at radius 3 is 2.73 bits per heavy atom. The first kappa shape index (κ1) is 22.4. The van der Waals surface area contributed by atoms with Crippen molar-refractivity contribution in [2.75, 3.05) is 13.2 Å². The lowest BCUT2D eigenvalue weighted by Gasteiger charge is -2.23. The van der Waals surface area contributed by atoms with Crippen LogP contribution in [0.1, 0.15) is 18.7 Å². The van der Waals surface area contributed by atoms with Gasteiger partial charge < -0.3 is 14.8 Å². The van der Waals surface area contributed by atoms with Gasteiger partial charge in [-0.25, -0.2) is 17.8 Å². The van der Waals surface area contributed by atoms with Gasteiger partial charge in [-0.1, -0.05) is 24.3 Å². The fraction of sp³-hybridized carbons (Fsp3) is 0.227. The smallest absolute Gasteiger partial charge is 0.324 e. The van der Waals surface area contributed by atoms with Crippen LogP contribution in [0.2, 0.25) is 0 Å². The molecule has 2 aromatic carbocycles. The highest BCUT2D eigenvalue weighted by Gasteiger charge is 2.41. The second-order valence-electron chi connectivity index (χ2n) is 7.35. The number of imidazole rings is 1. The van der Waals surface area contributed by atoms with Crippen LogP contribution in [0.25, 0.3) is 16.6 Å². The molecule has 0 saturated carbocycles. The van der Waals surface area contributed by atoms with Gasteiger partial charge >= 0.3 is 5.97 Å². The third kappa shape index (κ3) is 4.30. The van der Waals surface area contributed by atoms with Gasteiger partial charge in [0.15, 0.2) is 11.6 Å². The van der Waals surface area contributed by atoms with E-state index in [1.807, 2.05) is 6.07 Å². The summed E-state index contributed by atoms with van der Waals surface area (Å²) in [7, 11) is -4.27. The van der Waals surface area contributed by atoms with Crippen LogP contribution in [0, 0.1) is 17.1 Å². The maximum absolute atomic E-state index is 14.1. The minimum Gasteiger partial charge on any atom is -0.507 e. The molecule has 1 fully saturated rings. The first-order valence-electron chi connectivity index (χ1n) is 10.0. The summed E-state index contributed by atoms with van der Waals surface area (Å²) in [5.74, 6) is -2.24. The fourth-order valence-corrected chi connectivity index (χ4v) is 5.39. The maximum Gasteiger partial charge on any atom is 0.324 e. The average molecular weight is 470 g/mol. The molecule has 4 rings (SSSR count). The predicted molar refractivity (Wildman–Crippen MR) is 116 cm³/mol. The second kappa shape index (κ2) is 9.01. The number of benzene rings is 2. The van der Waals surface area contributed by atoms with Gasteiger partial charge in [-0.15, -0.1) is 0 Å². The van der Waals surface area contributed by atoms with Crippen LogP contribution in [0.5, 0.6) is 0 Å². The van der Waals surface area contributed by atoms with Crippen molar-refractivity contribution in [3.8, 4) is 6.07 Å². The Bertz CT molecular complexity index is 1360. The number of nitrogens with one attached hydrogen (secondary N) is 1. The fourth-order valence-electron chi connectivity index (χ4n) is 3.68. The number of carbonyl (C=O) groups excluding carboxylic acids is 1. The maximum atomic E-state index is 14.1. The van der Waals surface area contributed by atoms with Gasteiger partial charge in [-0.3, -0.25) is 4.79 Å². The number of para-hydroxylation sites is 2. The standard InChI is InChI=1S/C22H19FN4O5S/c23-15-6-1-4-10-20(15)33(30,31)27-11-5-9-18(27)22(29)32-13-19(28)14(12-24)21-25-16-7-2-3-8-17(16)26-21/h1-4,6-8,10,18,28H,5,9,11,13H2,(H,25,26). The number of aromatic nitrogens is 2. The van der Waals surface area contributed by atoms with Crippen molar-refractivity contribution >= 4 is 32.6 Å². The third-order valence-electron chi connectivity index (χ3n) is 5.28. The number of halogens is 1. The second-order valence-corrected chi connectivity index (χ2v) is 9.21. The summed E-state index contributed by atoms with van der Waals surface area (Å²) >= 11 is 0. The molecule has 1 aliphatic rings. The van der Waals surface area contributed by atoms with Gasteiger partial charge in [0.05, 0.1) is 11.0 Å². The number of esters is 1. The number of allylic oxidation sites excluding steroid dienone is 1. The zero-order chi connectivity index (χ0) is 23.6. The molecule has 1 atom stereocenters. The van der Waals surface area contributed by atoms with Gasteiger partial charge in [0.25, 0.3) is 0 Å². The van der Waals surface area contributed by atoms with Crippen molar-refractivity contribution in [3.63, 3.8) is 0 Å². The largest absolute Gasteiger partial charge is 0.507 e. The minimum absolute atomic E-state index is 0.0285. The molecular weight excluding hydrogens is 451 g/mol. The molecule has 0 amide bonds. The first-order valence-corrected chi connectivity index (χ1v) is 11.5. The number of aromatic amines is 1. The number of aliphatic hydroxyl groups excluding tert-OH is 1. The summed E-state index contributed by atoms with van der Waals surface area (Å²) in [6.07, 6.45) is 0.573. The van der Waals surface area contributed by atoms with Crippen LogP contribution in [-0.2, 0) is 19.6 Å². The molecule has 1 aromatic heterocycles. The van der Waals surface area contributed by atoms with Crippen molar-refractivity contribution in [2.45, 2.75) is 23.8 Å². The summed E-state index contributed by atoms with van der Waals surface area (Å²) in [6.45, 7) is -0.621. The number of H-pyrrole nitrogens is 1.